The van der Waals surface area contributed by atoms with Crippen molar-refractivity contribution in [3.05, 3.63) is 35.6 Å². The fourth-order valence-corrected chi connectivity index (χ4v) is 2.36. The summed E-state index contributed by atoms with van der Waals surface area (Å²) in [7, 11) is 1.60. The molecule has 3 heterocycles. The van der Waals surface area contributed by atoms with Crippen molar-refractivity contribution in [2.24, 2.45) is 0 Å². The summed E-state index contributed by atoms with van der Waals surface area (Å²) in [5.74, 6) is 1.99. The quantitative estimate of drug-likeness (QED) is 0.917. The molecule has 1 fully saturated rings. The molecule has 1 saturated heterocycles. The maximum Gasteiger partial charge on any atom is 0.243 e. The molecular formula is C14H18N4O2. The molecule has 1 aliphatic heterocycles. The molecule has 0 bridgehead atoms. The van der Waals surface area contributed by atoms with E-state index in [1.54, 1.807) is 13.3 Å². The van der Waals surface area contributed by atoms with Gasteiger partial charge in [0.25, 0.3) is 0 Å². The van der Waals surface area contributed by atoms with Gasteiger partial charge in [-0.25, -0.2) is 4.98 Å². The maximum absolute atomic E-state index is 5.35. The Kier molecular flexibility index (Phi) is 3.92. The zero-order chi connectivity index (χ0) is 13.8. The van der Waals surface area contributed by atoms with Crippen LogP contribution in [-0.4, -0.2) is 28.8 Å². The molecule has 0 aromatic carbocycles. The molecule has 0 saturated carbocycles. The van der Waals surface area contributed by atoms with Crippen LogP contribution in [0.4, 0.5) is 0 Å². The third-order valence-electron chi connectivity index (χ3n) is 3.46. The van der Waals surface area contributed by atoms with Gasteiger partial charge in [0.2, 0.25) is 11.8 Å². The zero-order valence-electron chi connectivity index (χ0n) is 11.5. The molecule has 1 N–H and O–H groups in total. The van der Waals surface area contributed by atoms with Crippen LogP contribution in [0.2, 0.25) is 0 Å². The fourth-order valence-electron chi connectivity index (χ4n) is 2.36. The highest BCUT2D eigenvalue weighted by Gasteiger charge is 2.20. The molecule has 0 radical (unpaired) electrons. The van der Waals surface area contributed by atoms with E-state index in [0.29, 0.717) is 24.0 Å². The average Bonchev–Trinajstić information content (AvgIpc) is 2.97. The minimum atomic E-state index is 0.207. The first-order valence-corrected chi connectivity index (χ1v) is 6.90. The highest BCUT2D eigenvalue weighted by atomic mass is 16.5. The van der Waals surface area contributed by atoms with E-state index >= 15 is 0 Å². The lowest BCUT2D eigenvalue weighted by atomic mass is 10.1. The molecule has 0 amide bonds. The Morgan fingerprint density at radius 2 is 2.35 bits per heavy atom. The van der Waals surface area contributed by atoms with E-state index in [4.69, 9.17) is 9.26 Å². The molecule has 6 nitrogen and oxygen atoms in total. The molecule has 6 heteroatoms. The number of nitrogens with one attached hydrogen (secondary N) is 1. The summed E-state index contributed by atoms with van der Waals surface area (Å²) in [5, 5.41) is 7.45. The second kappa shape index (κ2) is 6.00. The number of ether oxygens (including phenoxy) is 1. The maximum atomic E-state index is 5.35. The van der Waals surface area contributed by atoms with Crippen molar-refractivity contribution < 1.29 is 9.26 Å². The monoisotopic (exact) mass is 274 g/mol. The third-order valence-corrected chi connectivity index (χ3v) is 3.46. The summed E-state index contributed by atoms with van der Waals surface area (Å²) in [5.41, 5.74) is 1.04. The number of rotatable bonds is 4. The first-order chi connectivity index (χ1) is 9.85. The summed E-state index contributed by atoms with van der Waals surface area (Å²) in [4.78, 5) is 8.64. The van der Waals surface area contributed by atoms with Gasteiger partial charge in [-0.1, -0.05) is 17.6 Å². The molecule has 2 aromatic heterocycles. The van der Waals surface area contributed by atoms with E-state index in [1.807, 2.05) is 12.1 Å². The minimum Gasteiger partial charge on any atom is -0.481 e. The number of pyridine rings is 1. The van der Waals surface area contributed by atoms with Crippen LogP contribution in [0.5, 0.6) is 5.88 Å². The number of hydrogen-bond donors (Lipinski definition) is 1. The van der Waals surface area contributed by atoms with Crippen LogP contribution in [0.25, 0.3) is 0 Å². The Labute approximate surface area is 117 Å². The Morgan fingerprint density at radius 1 is 1.40 bits per heavy atom. The smallest absolute Gasteiger partial charge is 0.243 e. The SMILES string of the molecule is COc1ccc(Cc2noc(C3CCCCN3)n2)cn1. The van der Waals surface area contributed by atoms with Gasteiger partial charge in [-0.3, -0.25) is 0 Å². The molecule has 20 heavy (non-hydrogen) atoms. The van der Waals surface area contributed by atoms with E-state index in [-0.39, 0.29) is 6.04 Å². The molecule has 3 rings (SSSR count). The second-order valence-corrected chi connectivity index (χ2v) is 4.94. The van der Waals surface area contributed by atoms with Crippen molar-refractivity contribution in [3.8, 4) is 5.88 Å². The van der Waals surface area contributed by atoms with E-state index < -0.39 is 0 Å². The van der Waals surface area contributed by atoms with Crippen molar-refractivity contribution in [2.75, 3.05) is 13.7 Å². The number of nitrogens with zero attached hydrogens (tertiary/aromatic N) is 3. The van der Waals surface area contributed by atoms with Crippen LogP contribution in [0.1, 0.15) is 42.6 Å². The average molecular weight is 274 g/mol. The van der Waals surface area contributed by atoms with Gasteiger partial charge in [0.05, 0.1) is 13.2 Å². The van der Waals surface area contributed by atoms with Crippen LogP contribution in [-0.2, 0) is 6.42 Å². The van der Waals surface area contributed by atoms with E-state index in [9.17, 15) is 0 Å². The van der Waals surface area contributed by atoms with Crippen LogP contribution < -0.4 is 10.1 Å². The van der Waals surface area contributed by atoms with Gasteiger partial charge in [0, 0.05) is 18.7 Å². The van der Waals surface area contributed by atoms with Crippen molar-refractivity contribution in [2.45, 2.75) is 31.7 Å². The van der Waals surface area contributed by atoms with Gasteiger partial charge in [0.1, 0.15) is 0 Å². The van der Waals surface area contributed by atoms with Crippen LogP contribution in [0, 0.1) is 0 Å². The number of piperidine rings is 1. The molecule has 2 aromatic rings. The molecule has 1 atom stereocenters. The number of methoxy groups -OCH3 is 1. The molecule has 1 aliphatic rings. The van der Waals surface area contributed by atoms with Gasteiger partial charge >= 0.3 is 0 Å². The molecule has 1 unspecified atom stereocenters. The molecule has 0 aliphatic carbocycles. The standard InChI is InChI=1S/C14H18N4O2/c1-19-13-6-5-10(9-16-13)8-12-17-14(20-18-12)11-4-2-3-7-15-11/h5-6,9,11,15H,2-4,7-8H2,1H3. The Balaban J connectivity index is 1.66. The van der Waals surface area contributed by atoms with E-state index in [1.165, 1.54) is 12.8 Å². The van der Waals surface area contributed by atoms with Gasteiger partial charge in [-0.15, -0.1) is 0 Å². The highest BCUT2D eigenvalue weighted by molar-refractivity contribution is 5.20. The van der Waals surface area contributed by atoms with Crippen LogP contribution >= 0.6 is 0 Å². The number of hydrogen-bond acceptors (Lipinski definition) is 6. The Morgan fingerprint density at radius 3 is 3.05 bits per heavy atom. The van der Waals surface area contributed by atoms with Crippen molar-refractivity contribution in [1.29, 1.82) is 0 Å². The molecule has 106 valence electrons. The van der Waals surface area contributed by atoms with Crippen LogP contribution in [0.3, 0.4) is 0 Å². The van der Waals surface area contributed by atoms with Crippen LogP contribution in [0.15, 0.2) is 22.9 Å². The lowest BCUT2D eigenvalue weighted by Gasteiger charge is -2.19. The van der Waals surface area contributed by atoms with Gasteiger partial charge in [0.15, 0.2) is 5.82 Å². The Bertz CT molecular complexity index is 547. The first kappa shape index (κ1) is 13.1. The van der Waals surface area contributed by atoms with E-state index in [2.05, 4.69) is 20.4 Å². The number of aromatic nitrogens is 3. The zero-order valence-corrected chi connectivity index (χ0v) is 11.5. The summed E-state index contributed by atoms with van der Waals surface area (Å²) < 4.78 is 10.4. The summed E-state index contributed by atoms with van der Waals surface area (Å²) >= 11 is 0. The van der Waals surface area contributed by atoms with E-state index in [0.717, 1.165) is 18.5 Å². The lowest BCUT2D eigenvalue weighted by Crippen LogP contribution is -2.27. The normalized spacial score (nSPS) is 18.9. The predicted molar refractivity (Wildman–Crippen MR) is 72.5 cm³/mol. The summed E-state index contributed by atoms with van der Waals surface area (Å²) in [6.07, 6.45) is 5.87. The fraction of sp³-hybridized carbons (Fsp3) is 0.500. The minimum absolute atomic E-state index is 0.207. The largest absolute Gasteiger partial charge is 0.481 e. The van der Waals surface area contributed by atoms with Crippen molar-refractivity contribution in [3.63, 3.8) is 0 Å². The summed E-state index contributed by atoms with van der Waals surface area (Å²) in [6.45, 7) is 1.02. The topological polar surface area (TPSA) is 73.1 Å². The van der Waals surface area contributed by atoms with Gasteiger partial charge < -0.3 is 14.6 Å². The predicted octanol–water partition coefficient (Wildman–Crippen LogP) is 1.88. The van der Waals surface area contributed by atoms with Gasteiger partial charge in [-0.2, -0.15) is 4.98 Å². The highest BCUT2D eigenvalue weighted by Crippen LogP contribution is 2.21. The third kappa shape index (κ3) is 2.96. The summed E-state index contributed by atoms with van der Waals surface area (Å²) in [6, 6.07) is 4.00. The molecule has 0 spiro atoms. The van der Waals surface area contributed by atoms with Crippen molar-refractivity contribution in [1.82, 2.24) is 20.4 Å². The molecular weight excluding hydrogens is 256 g/mol. The van der Waals surface area contributed by atoms with Gasteiger partial charge in [-0.05, 0) is 24.9 Å². The first-order valence-electron chi connectivity index (χ1n) is 6.90. The lowest BCUT2D eigenvalue weighted by molar-refractivity contribution is 0.296. The Hall–Kier alpha value is -1.95. The van der Waals surface area contributed by atoms with Crippen molar-refractivity contribution >= 4 is 0 Å². The second-order valence-electron chi connectivity index (χ2n) is 4.94.